The van der Waals surface area contributed by atoms with Crippen LogP contribution in [-0.2, 0) is 9.53 Å². The lowest BCUT2D eigenvalue weighted by atomic mass is 10.1. The van der Waals surface area contributed by atoms with Crippen molar-refractivity contribution in [3.63, 3.8) is 0 Å². The molecule has 142 valence electrons. The lowest BCUT2D eigenvalue weighted by molar-refractivity contribution is -0.136. The number of anilines is 1. The van der Waals surface area contributed by atoms with E-state index in [0.29, 0.717) is 37.6 Å². The van der Waals surface area contributed by atoms with Crippen LogP contribution in [0.3, 0.4) is 0 Å². The van der Waals surface area contributed by atoms with Crippen molar-refractivity contribution in [3.05, 3.63) is 29.8 Å². The molecule has 4 amide bonds. The molecule has 1 atom stereocenters. The van der Waals surface area contributed by atoms with Gasteiger partial charge in [0.2, 0.25) is 5.91 Å². The first kappa shape index (κ1) is 19.7. The smallest absolute Gasteiger partial charge is 0.319 e. The quantitative estimate of drug-likeness (QED) is 0.733. The van der Waals surface area contributed by atoms with Gasteiger partial charge < -0.3 is 25.6 Å². The molecule has 0 saturated carbocycles. The van der Waals surface area contributed by atoms with Gasteiger partial charge in [0.05, 0.1) is 13.2 Å². The Bertz CT molecular complexity index is 639. The summed E-state index contributed by atoms with van der Waals surface area (Å²) in [7, 11) is 0. The van der Waals surface area contributed by atoms with Crippen molar-refractivity contribution < 1.29 is 19.1 Å². The zero-order valence-electron chi connectivity index (χ0n) is 15.4. The Morgan fingerprint density at radius 3 is 2.19 bits per heavy atom. The van der Waals surface area contributed by atoms with E-state index in [4.69, 9.17) is 4.74 Å². The number of morpholine rings is 1. The van der Waals surface area contributed by atoms with Gasteiger partial charge in [-0.2, -0.15) is 0 Å². The number of benzene rings is 1. The van der Waals surface area contributed by atoms with Crippen molar-refractivity contribution in [3.8, 4) is 0 Å². The number of hydrogen-bond acceptors (Lipinski definition) is 4. The molecule has 2 rings (SSSR count). The van der Waals surface area contributed by atoms with E-state index in [9.17, 15) is 14.4 Å². The number of hydrogen-bond donors (Lipinski definition) is 3. The maximum atomic E-state index is 12.3. The van der Waals surface area contributed by atoms with Crippen LogP contribution in [0.2, 0.25) is 0 Å². The van der Waals surface area contributed by atoms with Crippen LogP contribution in [-0.4, -0.2) is 61.1 Å². The molecule has 0 aromatic heterocycles. The first-order valence-electron chi connectivity index (χ1n) is 8.72. The standard InChI is InChI=1S/C18H26N4O4/c1-12(2)19-18(25)21-15-6-4-14(5-7-15)16(23)20-13(3)17(24)22-8-10-26-11-9-22/h4-7,12-13H,8-11H2,1-3H3,(H,20,23)(H2,19,21,25). The van der Waals surface area contributed by atoms with Gasteiger partial charge in [-0.25, -0.2) is 4.79 Å². The van der Waals surface area contributed by atoms with Crippen molar-refractivity contribution in [2.24, 2.45) is 0 Å². The molecular formula is C18H26N4O4. The van der Waals surface area contributed by atoms with Crippen LogP contribution in [0.4, 0.5) is 10.5 Å². The van der Waals surface area contributed by atoms with Crippen molar-refractivity contribution >= 4 is 23.5 Å². The summed E-state index contributed by atoms with van der Waals surface area (Å²) in [5.41, 5.74) is 0.999. The molecule has 1 aliphatic rings. The Balaban J connectivity index is 1.88. The molecular weight excluding hydrogens is 336 g/mol. The fraction of sp³-hybridized carbons (Fsp3) is 0.500. The molecule has 0 radical (unpaired) electrons. The minimum Gasteiger partial charge on any atom is -0.378 e. The predicted octanol–water partition coefficient (Wildman–Crippen LogP) is 1.19. The third-order valence-corrected chi connectivity index (χ3v) is 3.87. The average Bonchev–Trinajstić information content (AvgIpc) is 2.61. The molecule has 1 heterocycles. The second kappa shape index (κ2) is 9.19. The van der Waals surface area contributed by atoms with E-state index in [2.05, 4.69) is 16.0 Å². The number of amides is 4. The molecule has 26 heavy (non-hydrogen) atoms. The number of nitrogens with zero attached hydrogens (tertiary/aromatic N) is 1. The van der Waals surface area contributed by atoms with Crippen LogP contribution in [0.15, 0.2) is 24.3 Å². The summed E-state index contributed by atoms with van der Waals surface area (Å²) >= 11 is 0. The van der Waals surface area contributed by atoms with E-state index in [1.54, 1.807) is 36.1 Å². The lowest BCUT2D eigenvalue weighted by Crippen LogP contribution is -2.50. The van der Waals surface area contributed by atoms with Crippen molar-refractivity contribution in [1.29, 1.82) is 0 Å². The third kappa shape index (κ3) is 5.73. The van der Waals surface area contributed by atoms with Crippen LogP contribution in [0.5, 0.6) is 0 Å². The molecule has 8 nitrogen and oxygen atoms in total. The average molecular weight is 362 g/mol. The van der Waals surface area contributed by atoms with Crippen molar-refractivity contribution in [2.45, 2.75) is 32.9 Å². The second-order valence-electron chi connectivity index (χ2n) is 6.46. The van der Waals surface area contributed by atoms with Crippen LogP contribution >= 0.6 is 0 Å². The molecule has 0 aliphatic carbocycles. The highest BCUT2D eigenvalue weighted by molar-refractivity contribution is 5.98. The minimum atomic E-state index is -0.616. The molecule has 1 unspecified atom stereocenters. The molecule has 3 N–H and O–H groups in total. The van der Waals surface area contributed by atoms with Gasteiger partial charge in [0, 0.05) is 30.4 Å². The van der Waals surface area contributed by atoms with Gasteiger partial charge in [-0.3, -0.25) is 9.59 Å². The van der Waals surface area contributed by atoms with Gasteiger partial charge in [-0.05, 0) is 45.0 Å². The monoisotopic (exact) mass is 362 g/mol. The molecule has 0 bridgehead atoms. The summed E-state index contributed by atoms with van der Waals surface area (Å²) in [5.74, 6) is -0.456. The van der Waals surface area contributed by atoms with Crippen LogP contribution in [0.25, 0.3) is 0 Å². The highest BCUT2D eigenvalue weighted by Crippen LogP contribution is 2.10. The van der Waals surface area contributed by atoms with Crippen LogP contribution in [0, 0.1) is 0 Å². The van der Waals surface area contributed by atoms with Crippen molar-refractivity contribution in [1.82, 2.24) is 15.5 Å². The number of carbonyl (C=O) groups excluding carboxylic acids is 3. The molecule has 1 saturated heterocycles. The highest BCUT2D eigenvalue weighted by Gasteiger charge is 2.24. The molecule has 1 fully saturated rings. The number of ether oxygens (including phenoxy) is 1. The summed E-state index contributed by atoms with van der Waals surface area (Å²) in [6.45, 7) is 7.52. The molecule has 1 aromatic rings. The number of rotatable bonds is 5. The minimum absolute atomic E-state index is 0.0329. The van der Waals surface area contributed by atoms with E-state index < -0.39 is 6.04 Å². The first-order chi connectivity index (χ1) is 12.4. The maximum Gasteiger partial charge on any atom is 0.319 e. The zero-order valence-corrected chi connectivity index (χ0v) is 15.4. The predicted molar refractivity (Wildman–Crippen MR) is 98.1 cm³/mol. The van der Waals surface area contributed by atoms with Crippen molar-refractivity contribution in [2.75, 3.05) is 31.6 Å². The molecule has 1 aliphatic heterocycles. The Morgan fingerprint density at radius 1 is 1.00 bits per heavy atom. The highest BCUT2D eigenvalue weighted by atomic mass is 16.5. The summed E-state index contributed by atoms with van der Waals surface area (Å²) in [6.07, 6.45) is 0. The Kier molecular flexibility index (Phi) is 6.97. The van der Waals surface area contributed by atoms with E-state index in [0.717, 1.165) is 0 Å². The summed E-state index contributed by atoms with van der Waals surface area (Å²) in [6, 6.07) is 5.60. The molecule has 0 spiro atoms. The SMILES string of the molecule is CC(C)NC(=O)Nc1ccc(C(=O)NC(C)C(=O)N2CCOCC2)cc1. The summed E-state index contributed by atoms with van der Waals surface area (Å²) < 4.78 is 5.22. The largest absolute Gasteiger partial charge is 0.378 e. The fourth-order valence-electron chi connectivity index (χ4n) is 2.53. The third-order valence-electron chi connectivity index (χ3n) is 3.87. The fourth-order valence-corrected chi connectivity index (χ4v) is 2.53. The Hall–Kier alpha value is -2.61. The first-order valence-corrected chi connectivity index (χ1v) is 8.72. The molecule has 1 aromatic carbocycles. The number of carbonyl (C=O) groups is 3. The Morgan fingerprint density at radius 2 is 1.62 bits per heavy atom. The van der Waals surface area contributed by atoms with Gasteiger partial charge in [0.15, 0.2) is 0 Å². The molecule has 8 heteroatoms. The number of nitrogens with one attached hydrogen (secondary N) is 3. The van der Waals surface area contributed by atoms with Gasteiger partial charge in [0.25, 0.3) is 5.91 Å². The normalized spacial score (nSPS) is 15.3. The Labute approximate surface area is 153 Å². The van der Waals surface area contributed by atoms with Gasteiger partial charge in [-0.1, -0.05) is 0 Å². The maximum absolute atomic E-state index is 12.3. The second-order valence-corrected chi connectivity index (χ2v) is 6.46. The zero-order chi connectivity index (χ0) is 19.1. The van der Waals surface area contributed by atoms with Crippen LogP contribution in [0.1, 0.15) is 31.1 Å². The van der Waals surface area contributed by atoms with Gasteiger partial charge in [-0.15, -0.1) is 0 Å². The number of urea groups is 1. The lowest BCUT2D eigenvalue weighted by Gasteiger charge is -2.29. The van der Waals surface area contributed by atoms with Crippen LogP contribution < -0.4 is 16.0 Å². The van der Waals surface area contributed by atoms with Gasteiger partial charge in [0.1, 0.15) is 6.04 Å². The van der Waals surface area contributed by atoms with E-state index >= 15 is 0 Å². The van der Waals surface area contributed by atoms with E-state index in [-0.39, 0.29) is 23.9 Å². The summed E-state index contributed by atoms with van der Waals surface area (Å²) in [4.78, 5) is 38.0. The van der Waals surface area contributed by atoms with Gasteiger partial charge >= 0.3 is 6.03 Å². The van der Waals surface area contributed by atoms with E-state index in [1.165, 1.54) is 0 Å². The van der Waals surface area contributed by atoms with E-state index in [1.807, 2.05) is 13.8 Å². The summed E-state index contributed by atoms with van der Waals surface area (Å²) in [5, 5.41) is 8.11. The topological polar surface area (TPSA) is 99.8 Å².